The van der Waals surface area contributed by atoms with Gasteiger partial charge in [0.1, 0.15) is 11.9 Å². The topological polar surface area (TPSA) is 58.6 Å². The Morgan fingerprint density at radius 3 is 2.52 bits per heavy atom. The summed E-state index contributed by atoms with van der Waals surface area (Å²) in [5.41, 5.74) is 1.60. The highest BCUT2D eigenvalue weighted by molar-refractivity contribution is 6.36. The largest absolute Gasteiger partial charge is 0.487 e. The normalized spacial score (nSPS) is 12.1. The molecule has 0 aliphatic rings. The van der Waals surface area contributed by atoms with E-state index in [1.807, 2.05) is 12.1 Å². The summed E-state index contributed by atoms with van der Waals surface area (Å²) >= 11 is 12.0. The van der Waals surface area contributed by atoms with Crippen molar-refractivity contribution in [1.82, 2.24) is 0 Å². The van der Waals surface area contributed by atoms with Gasteiger partial charge in [0.2, 0.25) is 0 Å². The number of aliphatic carboxylic acids is 1. The Bertz CT molecular complexity index is 714. The number of hydrogen-bond donors (Lipinski definition) is 2. The van der Waals surface area contributed by atoms with Crippen molar-refractivity contribution in [3.05, 3.63) is 64.7 Å². The Morgan fingerprint density at radius 2 is 1.91 bits per heavy atom. The lowest BCUT2D eigenvalue weighted by molar-refractivity contribution is -0.131. The van der Waals surface area contributed by atoms with Gasteiger partial charge >= 0.3 is 5.97 Å². The van der Waals surface area contributed by atoms with Gasteiger partial charge in [0.05, 0.1) is 10.7 Å². The number of carboxylic acids is 1. The van der Waals surface area contributed by atoms with Crippen LogP contribution in [0.15, 0.2) is 54.6 Å². The van der Waals surface area contributed by atoms with Crippen molar-refractivity contribution >= 4 is 40.5 Å². The van der Waals surface area contributed by atoms with Crippen molar-refractivity contribution in [3.63, 3.8) is 0 Å². The minimum atomic E-state index is -1.00. The second kappa shape index (κ2) is 7.90. The average Bonchev–Trinajstić information content (AvgIpc) is 2.50. The molecular weight excluding hydrogens is 337 g/mol. The zero-order valence-electron chi connectivity index (χ0n) is 12.3. The first-order valence-corrected chi connectivity index (χ1v) is 7.59. The standard InChI is InChI=1S/C17H15Cl2NO3/c1-11(2-9-17(21)22)23-14-6-4-13(5-7-14)20-16-8-3-12(18)10-15(16)19/h2-11,20H,1H3,(H,21,22). The number of hydrogen-bond acceptors (Lipinski definition) is 3. The molecule has 4 nitrogen and oxygen atoms in total. The average molecular weight is 352 g/mol. The van der Waals surface area contributed by atoms with E-state index in [1.165, 1.54) is 6.08 Å². The highest BCUT2D eigenvalue weighted by Crippen LogP contribution is 2.29. The van der Waals surface area contributed by atoms with Crippen LogP contribution in [0.1, 0.15) is 6.92 Å². The van der Waals surface area contributed by atoms with Gasteiger partial charge in [-0.1, -0.05) is 23.2 Å². The summed E-state index contributed by atoms with van der Waals surface area (Å²) < 4.78 is 5.59. The van der Waals surface area contributed by atoms with E-state index < -0.39 is 5.97 Å². The Hall–Kier alpha value is -2.17. The zero-order valence-corrected chi connectivity index (χ0v) is 13.8. The third-order valence-corrected chi connectivity index (χ3v) is 3.44. The van der Waals surface area contributed by atoms with Crippen LogP contribution in [0.4, 0.5) is 11.4 Å². The number of carbonyl (C=O) groups is 1. The van der Waals surface area contributed by atoms with E-state index >= 15 is 0 Å². The minimum Gasteiger partial charge on any atom is -0.487 e. The Morgan fingerprint density at radius 1 is 1.22 bits per heavy atom. The first-order valence-electron chi connectivity index (χ1n) is 6.84. The number of halogens is 2. The van der Waals surface area contributed by atoms with E-state index in [4.69, 9.17) is 33.0 Å². The van der Waals surface area contributed by atoms with Gasteiger partial charge in [-0.15, -0.1) is 0 Å². The molecule has 0 aliphatic carbocycles. The highest BCUT2D eigenvalue weighted by Gasteiger charge is 2.04. The number of ether oxygens (including phenoxy) is 1. The predicted octanol–water partition coefficient (Wildman–Crippen LogP) is 5.15. The summed E-state index contributed by atoms with van der Waals surface area (Å²) in [4.78, 5) is 10.5. The SMILES string of the molecule is CC(C=CC(=O)O)Oc1ccc(Nc2ccc(Cl)cc2Cl)cc1. The molecule has 2 aromatic rings. The van der Waals surface area contributed by atoms with Gasteiger partial charge in [0.15, 0.2) is 0 Å². The van der Waals surface area contributed by atoms with Crippen LogP contribution in [-0.4, -0.2) is 17.2 Å². The highest BCUT2D eigenvalue weighted by atomic mass is 35.5. The first-order chi connectivity index (χ1) is 10.9. The molecule has 0 aromatic heterocycles. The third-order valence-electron chi connectivity index (χ3n) is 2.90. The minimum absolute atomic E-state index is 0.337. The fraction of sp³-hybridized carbons (Fsp3) is 0.118. The van der Waals surface area contributed by atoms with E-state index in [0.29, 0.717) is 15.8 Å². The Kier molecular flexibility index (Phi) is 5.90. The summed E-state index contributed by atoms with van der Waals surface area (Å²) in [6, 6.07) is 12.5. The lowest BCUT2D eigenvalue weighted by Crippen LogP contribution is -2.08. The molecule has 0 spiro atoms. The van der Waals surface area contributed by atoms with E-state index in [0.717, 1.165) is 17.5 Å². The molecule has 1 atom stereocenters. The number of rotatable bonds is 6. The zero-order chi connectivity index (χ0) is 16.8. The molecule has 120 valence electrons. The molecule has 6 heteroatoms. The number of nitrogens with one attached hydrogen (secondary N) is 1. The maximum Gasteiger partial charge on any atom is 0.328 e. The molecule has 0 amide bonds. The fourth-order valence-corrected chi connectivity index (χ4v) is 2.29. The molecule has 0 radical (unpaired) electrons. The van der Waals surface area contributed by atoms with Crippen LogP contribution in [0.2, 0.25) is 10.0 Å². The number of anilines is 2. The number of benzene rings is 2. The van der Waals surface area contributed by atoms with Gasteiger partial charge in [-0.2, -0.15) is 0 Å². The van der Waals surface area contributed by atoms with Crippen molar-refractivity contribution in [2.45, 2.75) is 13.0 Å². The van der Waals surface area contributed by atoms with Gasteiger partial charge in [0, 0.05) is 16.8 Å². The van der Waals surface area contributed by atoms with E-state index in [1.54, 1.807) is 37.3 Å². The van der Waals surface area contributed by atoms with Gasteiger partial charge in [-0.3, -0.25) is 0 Å². The van der Waals surface area contributed by atoms with Crippen LogP contribution in [0.3, 0.4) is 0 Å². The van der Waals surface area contributed by atoms with Crippen molar-refractivity contribution in [1.29, 1.82) is 0 Å². The van der Waals surface area contributed by atoms with Crippen LogP contribution < -0.4 is 10.1 Å². The third kappa shape index (κ3) is 5.51. The molecule has 0 aliphatic heterocycles. The van der Waals surface area contributed by atoms with Crippen LogP contribution in [0.25, 0.3) is 0 Å². The van der Waals surface area contributed by atoms with E-state index in [9.17, 15) is 4.79 Å². The summed E-state index contributed by atoms with van der Waals surface area (Å²) in [5.74, 6) is -0.361. The van der Waals surface area contributed by atoms with Crippen molar-refractivity contribution in [2.24, 2.45) is 0 Å². The molecule has 2 N–H and O–H groups in total. The van der Waals surface area contributed by atoms with Crippen molar-refractivity contribution in [3.8, 4) is 5.75 Å². The quantitative estimate of drug-likeness (QED) is 0.707. The molecule has 0 saturated carbocycles. The van der Waals surface area contributed by atoms with Crippen molar-refractivity contribution < 1.29 is 14.6 Å². The van der Waals surface area contributed by atoms with Crippen LogP contribution >= 0.6 is 23.2 Å². The van der Waals surface area contributed by atoms with E-state index in [-0.39, 0.29) is 6.10 Å². The number of carboxylic acid groups (broad SMARTS) is 1. The summed E-state index contributed by atoms with van der Waals surface area (Å²) in [5, 5.41) is 12.9. The van der Waals surface area contributed by atoms with Crippen LogP contribution in [-0.2, 0) is 4.79 Å². The smallest absolute Gasteiger partial charge is 0.328 e. The van der Waals surface area contributed by atoms with E-state index in [2.05, 4.69) is 5.32 Å². The molecule has 2 rings (SSSR count). The molecular formula is C17H15Cl2NO3. The summed E-state index contributed by atoms with van der Waals surface area (Å²) in [6.45, 7) is 1.76. The molecule has 23 heavy (non-hydrogen) atoms. The Balaban J connectivity index is 2.00. The molecule has 2 aromatic carbocycles. The lowest BCUT2D eigenvalue weighted by atomic mass is 10.2. The van der Waals surface area contributed by atoms with Crippen LogP contribution in [0, 0.1) is 0 Å². The molecule has 0 bridgehead atoms. The van der Waals surface area contributed by atoms with Gasteiger partial charge in [-0.25, -0.2) is 4.79 Å². The fourth-order valence-electron chi connectivity index (χ4n) is 1.83. The second-order valence-electron chi connectivity index (χ2n) is 4.79. The van der Waals surface area contributed by atoms with Crippen molar-refractivity contribution in [2.75, 3.05) is 5.32 Å². The van der Waals surface area contributed by atoms with Crippen LogP contribution in [0.5, 0.6) is 5.75 Å². The molecule has 1 unspecified atom stereocenters. The first kappa shape index (κ1) is 17.2. The predicted molar refractivity (Wildman–Crippen MR) is 93.1 cm³/mol. The second-order valence-corrected chi connectivity index (χ2v) is 5.64. The monoisotopic (exact) mass is 351 g/mol. The Labute approximate surface area is 144 Å². The molecule has 0 heterocycles. The maximum atomic E-state index is 10.5. The summed E-state index contributed by atoms with van der Waals surface area (Å²) in [6.07, 6.45) is 2.20. The van der Waals surface area contributed by atoms with Gasteiger partial charge in [-0.05, 0) is 55.5 Å². The molecule has 0 saturated heterocycles. The maximum absolute atomic E-state index is 10.5. The summed E-state index contributed by atoms with van der Waals surface area (Å²) in [7, 11) is 0. The molecule has 0 fully saturated rings. The van der Waals surface area contributed by atoms with Gasteiger partial charge in [0.25, 0.3) is 0 Å². The van der Waals surface area contributed by atoms with Gasteiger partial charge < -0.3 is 15.2 Å². The lowest BCUT2D eigenvalue weighted by Gasteiger charge is -2.12.